The predicted molar refractivity (Wildman–Crippen MR) is 70.7 cm³/mol. The number of anilines is 2. The number of aromatic nitrogens is 1. The number of nitrogens with one attached hydrogen (secondary N) is 1. The van der Waals surface area contributed by atoms with Crippen LogP contribution in [0.15, 0.2) is 36.5 Å². The highest BCUT2D eigenvalue weighted by Crippen LogP contribution is 2.25. The highest BCUT2D eigenvalue weighted by molar-refractivity contribution is 6.29. The molecule has 2 N–H and O–H groups in total. The maximum Gasteiger partial charge on any atom is 0.339 e. The van der Waals surface area contributed by atoms with Gasteiger partial charge in [0.25, 0.3) is 0 Å². The van der Waals surface area contributed by atoms with Gasteiger partial charge >= 0.3 is 5.97 Å². The van der Waals surface area contributed by atoms with Gasteiger partial charge in [0, 0.05) is 11.9 Å². The van der Waals surface area contributed by atoms with Crippen molar-refractivity contribution in [2.45, 2.75) is 6.92 Å². The van der Waals surface area contributed by atoms with Gasteiger partial charge in [0.05, 0.1) is 5.69 Å². The number of para-hydroxylation sites is 1. The van der Waals surface area contributed by atoms with Crippen LogP contribution in [0.25, 0.3) is 0 Å². The summed E-state index contributed by atoms with van der Waals surface area (Å²) in [5.74, 6) is -1.05. The van der Waals surface area contributed by atoms with Gasteiger partial charge in [-0.25, -0.2) is 9.78 Å². The minimum Gasteiger partial charge on any atom is -0.478 e. The van der Waals surface area contributed by atoms with Gasteiger partial charge in [-0.3, -0.25) is 0 Å². The summed E-state index contributed by atoms with van der Waals surface area (Å²) in [5.41, 5.74) is 2.36. The summed E-state index contributed by atoms with van der Waals surface area (Å²) in [6, 6.07) is 9.09. The highest BCUT2D eigenvalue weighted by Gasteiger charge is 2.12. The Morgan fingerprint density at radius 1 is 1.33 bits per heavy atom. The largest absolute Gasteiger partial charge is 0.478 e. The molecule has 18 heavy (non-hydrogen) atoms. The van der Waals surface area contributed by atoms with Gasteiger partial charge in [-0.05, 0) is 24.6 Å². The highest BCUT2D eigenvalue weighted by atomic mass is 35.5. The zero-order chi connectivity index (χ0) is 13.1. The summed E-state index contributed by atoms with van der Waals surface area (Å²) in [4.78, 5) is 14.9. The maximum atomic E-state index is 11.1. The summed E-state index contributed by atoms with van der Waals surface area (Å²) >= 11 is 5.78. The number of pyridine rings is 1. The van der Waals surface area contributed by atoms with Crippen molar-refractivity contribution < 1.29 is 9.90 Å². The Hall–Kier alpha value is -2.07. The number of halogens is 1. The van der Waals surface area contributed by atoms with Crippen LogP contribution in [0.2, 0.25) is 5.15 Å². The summed E-state index contributed by atoms with van der Waals surface area (Å²) in [6.45, 7) is 1.94. The number of aromatic carboxylic acids is 1. The van der Waals surface area contributed by atoms with Crippen molar-refractivity contribution in [1.29, 1.82) is 0 Å². The van der Waals surface area contributed by atoms with Gasteiger partial charge in [-0.1, -0.05) is 29.8 Å². The van der Waals surface area contributed by atoms with E-state index in [4.69, 9.17) is 16.7 Å². The van der Waals surface area contributed by atoms with Crippen molar-refractivity contribution in [2.75, 3.05) is 5.32 Å². The molecule has 2 aromatic rings. The Labute approximate surface area is 109 Å². The fourth-order valence-corrected chi connectivity index (χ4v) is 1.72. The van der Waals surface area contributed by atoms with Crippen molar-refractivity contribution in [2.24, 2.45) is 0 Å². The topological polar surface area (TPSA) is 62.2 Å². The van der Waals surface area contributed by atoms with E-state index in [0.29, 0.717) is 5.69 Å². The maximum absolute atomic E-state index is 11.1. The van der Waals surface area contributed by atoms with Gasteiger partial charge in [-0.15, -0.1) is 0 Å². The van der Waals surface area contributed by atoms with E-state index < -0.39 is 5.97 Å². The van der Waals surface area contributed by atoms with E-state index in [1.807, 2.05) is 31.2 Å². The molecule has 0 bridgehead atoms. The molecule has 0 saturated carbocycles. The Bertz CT molecular complexity index is 599. The van der Waals surface area contributed by atoms with Crippen LogP contribution >= 0.6 is 11.6 Å². The average Bonchev–Trinajstić information content (AvgIpc) is 2.32. The van der Waals surface area contributed by atoms with E-state index >= 15 is 0 Å². The third-order valence-electron chi connectivity index (χ3n) is 2.52. The standard InChI is InChI=1S/C13H11ClN2O2/c1-8-4-2-3-5-10(8)16-11-6-12(14)15-7-9(11)13(17)18/h2-7H,1H3,(H,15,16)(H,17,18). The Kier molecular flexibility index (Phi) is 3.48. The van der Waals surface area contributed by atoms with E-state index in [0.717, 1.165) is 11.3 Å². The molecule has 1 aromatic heterocycles. The van der Waals surface area contributed by atoms with Gasteiger partial charge in [0.2, 0.25) is 0 Å². The van der Waals surface area contributed by atoms with Crippen LogP contribution in [0.4, 0.5) is 11.4 Å². The molecule has 92 valence electrons. The third kappa shape index (κ3) is 2.60. The van der Waals surface area contributed by atoms with Crippen LogP contribution in [0.5, 0.6) is 0 Å². The fraction of sp³-hybridized carbons (Fsp3) is 0.0769. The van der Waals surface area contributed by atoms with Gasteiger partial charge < -0.3 is 10.4 Å². The normalized spacial score (nSPS) is 10.1. The first-order valence-electron chi connectivity index (χ1n) is 5.29. The van der Waals surface area contributed by atoms with E-state index in [-0.39, 0.29) is 10.7 Å². The van der Waals surface area contributed by atoms with Crippen LogP contribution in [0, 0.1) is 6.92 Å². The zero-order valence-electron chi connectivity index (χ0n) is 9.64. The molecule has 0 saturated heterocycles. The van der Waals surface area contributed by atoms with Crippen molar-refractivity contribution in [3.8, 4) is 0 Å². The molecule has 1 heterocycles. The number of aryl methyl sites for hydroxylation is 1. The minimum absolute atomic E-state index is 0.0858. The van der Waals surface area contributed by atoms with Crippen molar-refractivity contribution in [3.63, 3.8) is 0 Å². The Balaban J connectivity index is 2.42. The summed E-state index contributed by atoms with van der Waals surface area (Å²) in [5, 5.41) is 12.4. The number of carboxylic acids is 1. The number of benzene rings is 1. The van der Waals surface area contributed by atoms with Crippen LogP contribution in [0.3, 0.4) is 0 Å². The average molecular weight is 263 g/mol. The summed E-state index contributed by atoms with van der Waals surface area (Å²) in [6.07, 6.45) is 1.24. The predicted octanol–water partition coefficient (Wildman–Crippen LogP) is 3.49. The number of nitrogens with zero attached hydrogens (tertiary/aromatic N) is 1. The van der Waals surface area contributed by atoms with E-state index in [9.17, 15) is 4.79 Å². The zero-order valence-corrected chi connectivity index (χ0v) is 10.4. The summed E-state index contributed by atoms with van der Waals surface area (Å²) < 4.78 is 0. The number of carbonyl (C=O) groups is 1. The molecule has 2 rings (SSSR count). The first kappa shape index (κ1) is 12.4. The number of hydrogen-bond acceptors (Lipinski definition) is 3. The molecule has 0 atom stereocenters. The quantitative estimate of drug-likeness (QED) is 0.831. The fourth-order valence-electron chi connectivity index (χ4n) is 1.56. The first-order chi connectivity index (χ1) is 8.58. The van der Waals surface area contributed by atoms with Crippen molar-refractivity contribution in [3.05, 3.63) is 52.8 Å². The lowest BCUT2D eigenvalue weighted by Crippen LogP contribution is -2.04. The molecule has 0 aliphatic carbocycles. The number of rotatable bonds is 3. The molecule has 0 unspecified atom stereocenters. The van der Waals surface area contributed by atoms with Crippen molar-refractivity contribution >= 4 is 28.9 Å². The van der Waals surface area contributed by atoms with E-state index in [1.165, 1.54) is 12.3 Å². The SMILES string of the molecule is Cc1ccccc1Nc1cc(Cl)ncc1C(=O)O. The molecule has 0 radical (unpaired) electrons. The molecule has 1 aromatic carbocycles. The van der Waals surface area contributed by atoms with Gasteiger partial charge in [-0.2, -0.15) is 0 Å². The second-order valence-corrected chi connectivity index (χ2v) is 4.18. The van der Waals surface area contributed by atoms with E-state index in [1.54, 1.807) is 0 Å². The number of carboxylic acid groups (broad SMARTS) is 1. The van der Waals surface area contributed by atoms with Gasteiger partial charge in [0.15, 0.2) is 0 Å². The molecule has 5 heteroatoms. The van der Waals surface area contributed by atoms with Gasteiger partial charge in [0.1, 0.15) is 10.7 Å². The molecular formula is C13H11ClN2O2. The second-order valence-electron chi connectivity index (χ2n) is 3.80. The number of hydrogen-bond donors (Lipinski definition) is 2. The monoisotopic (exact) mass is 262 g/mol. The van der Waals surface area contributed by atoms with Crippen LogP contribution < -0.4 is 5.32 Å². The Morgan fingerprint density at radius 2 is 2.06 bits per heavy atom. The minimum atomic E-state index is -1.05. The van der Waals surface area contributed by atoms with Crippen LogP contribution in [-0.4, -0.2) is 16.1 Å². The molecular weight excluding hydrogens is 252 g/mol. The molecule has 0 fully saturated rings. The first-order valence-corrected chi connectivity index (χ1v) is 5.67. The van der Waals surface area contributed by atoms with Crippen molar-refractivity contribution in [1.82, 2.24) is 4.98 Å². The smallest absolute Gasteiger partial charge is 0.339 e. The molecule has 0 aliphatic heterocycles. The lowest BCUT2D eigenvalue weighted by atomic mass is 10.1. The molecule has 0 amide bonds. The molecule has 0 spiro atoms. The molecule has 0 aliphatic rings. The lowest BCUT2D eigenvalue weighted by molar-refractivity contribution is 0.0697. The third-order valence-corrected chi connectivity index (χ3v) is 2.72. The van der Waals surface area contributed by atoms with Crippen LogP contribution in [-0.2, 0) is 0 Å². The van der Waals surface area contributed by atoms with E-state index in [2.05, 4.69) is 10.3 Å². The molecule has 4 nitrogen and oxygen atoms in total. The Morgan fingerprint density at radius 3 is 2.72 bits per heavy atom. The second kappa shape index (κ2) is 5.06. The summed E-state index contributed by atoms with van der Waals surface area (Å²) in [7, 11) is 0. The lowest BCUT2D eigenvalue weighted by Gasteiger charge is -2.11. The van der Waals surface area contributed by atoms with Crippen LogP contribution in [0.1, 0.15) is 15.9 Å².